The minimum atomic E-state index is -2.06. The number of anilines is 1. The van der Waals surface area contributed by atoms with Crippen LogP contribution in [0.1, 0.15) is 75.5 Å². The van der Waals surface area contributed by atoms with Gasteiger partial charge in [0, 0.05) is 93.9 Å². The van der Waals surface area contributed by atoms with E-state index in [1.807, 2.05) is 23.2 Å². The minimum absolute atomic E-state index is 0.0538. The number of hydrogen-bond acceptors (Lipinski definition) is 15. The van der Waals surface area contributed by atoms with E-state index in [1.165, 1.54) is 65.0 Å². The van der Waals surface area contributed by atoms with Crippen LogP contribution in [0.15, 0.2) is 71.6 Å². The minimum Gasteiger partial charge on any atom is -0.507 e. The van der Waals surface area contributed by atoms with Gasteiger partial charge in [0.15, 0.2) is 5.75 Å². The molecule has 4 aliphatic rings. The summed E-state index contributed by atoms with van der Waals surface area (Å²) >= 11 is 0. The number of ketones is 1. The smallest absolute Gasteiger partial charge is 0.312 e. The number of methoxy groups -OCH3 is 1. The molecule has 9 unspecified atom stereocenters. The quantitative estimate of drug-likeness (QED) is 0.0699. The predicted molar refractivity (Wildman–Crippen MR) is 250 cm³/mol. The summed E-state index contributed by atoms with van der Waals surface area (Å²) in [5.41, 5.74) is 0.883. The van der Waals surface area contributed by atoms with Gasteiger partial charge >= 0.3 is 11.8 Å². The Hall–Kier alpha value is -5.94. The first-order chi connectivity index (χ1) is 31.3. The number of hydrogen-bond donors (Lipinski definition) is 6. The molecule has 7 rings (SSSR count). The summed E-state index contributed by atoms with van der Waals surface area (Å²) in [6.45, 7) is 15.9. The molecule has 1 saturated heterocycles. The van der Waals surface area contributed by atoms with Crippen molar-refractivity contribution >= 4 is 40.3 Å². The molecule has 4 heterocycles. The molecule has 66 heavy (non-hydrogen) atoms. The summed E-state index contributed by atoms with van der Waals surface area (Å²) in [6.07, 6.45) is 5.78. The van der Waals surface area contributed by atoms with Crippen LogP contribution in [0.5, 0.6) is 23.0 Å². The second-order valence-corrected chi connectivity index (χ2v) is 17.9. The number of aliphatic hydroxyl groups excluding tert-OH is 2. The van der Waals surface area contributed by atoms with E-state index in [2.05, 4.69) is 27.5 Å². The van der Waals surface area contributed by atoms with Gasteiger partial charge < -0.3 is 49.8 Å². The number of carbonyl (C=O) groups excluding carboxylic acids is 3. The molecule has 0 radical (unpaired) electrons. The number of aliphatic hydroxyl groups is 2. The highest BCUT2D eigenvalue weighted by molar-refractivity contribution is 6.23. The van der Waals surface area contributed by atoms with Gasteiger partial charge in [-0.1, -0.05) is 76.3 Å². The van der Waals surface area contributed by atoms with Crippen molar-refractivity contribution < 1.29 is 58.9 Å². The Morgan fingerprint density at radius 1 is 0.924 bits per heavy atom. The van der Waals surface area contributed by atoms with Crippen molar-refractivity contribution in [3.05, 3.63) is 88.7 Å². The van der Waals surface area contributed by atoms with Crippen LogP contribution in [0.3, 0.4) is 0 Å². The van der Waals surface area contributed by atoms with Crippen molar-refractivity contribution in [2.75, 3.05) is 45.2 Å². The number of nitrogens with one attached hydrogen (secondary N) is 1. The number of Topliss-reactive ketones (excluding diaryl/α,β-unsaturated/α-hetero) is 1. The molecule has 0 spiro atoms. The fourth-order valence-corrected chi connectivity index (χ4v) is 9.02. The first-order valence-corrected chi connectivity index (χ1v) is 22.4. The zero-order valence-electron chi connectivity index (χ0n) is 39.1. The molecular weight excluding hydrogens is 849 g/mol. The maximum atomic E-state index is 14.6. The van der Waals surface area contributed by atoms with E-state index in [9.17, 15) is 39.9 Å². The number of piperazine rings is 1. The van der Waals surface area contributed by atoms with Gasteiger partial charge in [-0.25, -0.2) is 0 Å². The standard InChI is InChI=1S/C50H64N4O12/c1-27-14-13-15-28(2)49(62)52-40-35(26-51-54-23-21-53(22-24-54)20-18-34-16-11-10-12-17-34)44(59)37-38(45(40)60)43(58)32(6)47-39(37)48(61)50(8,66-47)64-25-19-36(63-9)29(3)46(65-33(7)55)31(5)42(57)30(4)41(27)56/h10-17,19,25-27,29-31,36,41-42,46,56-60H,18,20-24H2,1-9H3,(H,52,62)/b14-13+,25-19+,28-15?,51-26+. The molecule has 16 nitrogen and oxygen atoms in total. The number of phenols is 3. The van der Waals surface area contributed by atoms with Crippen molar-refractivity contribution in [3.63, 3.8) is 0 Å². The van der Waals surface area contributed by atoms with Crippen LogP contribution in [0, 0.1) is 30.6 Å². The van der Waals surface area contributed by atoms with Crippen molar-refractivity contribution in [2.45, 2.75) is 92.0 Å². The zero-order chi connectivity index (χ0) is 48.2. The molecule has 4 aliphatic heterocycles. The van der Waals surface area contributed by atoms with Crippen LogP contribution in [0.25, 0.3) is 10.8 Å². The average molecular weight is 913 g/mol. The van der Waals surface area contributed by atoms with Crippen molar-refractivity contribution in [3.8, 4) is 23.0 Å². The highest BCUT2D eigenvalue weighted by atomic mass is 16.7. The van der Waals surface area contributed by atoms with Gasteiger partial charge in [-0.05, 0) is 31.9 Å². The van der Waals surface area contributed by atoms with Crippen molar-refractivity contribution in [2.24, 2.45) is 28.8 Å². The van der Waals surface area contributed by atoms with E-state index in [1.54, 1.807) is 39.8 Å². The number of hydrazone groups is 1. The SMILES string of the molecule is COC1/C=C/OC2(C)Oc3c(C)c(O)c4c(O)c(c(/C=N/N5CCN(CCc6ccccc6)CC5)c(O)c4c3C2=O)NC(=O)C(C)=C/C=C/C(C)C(O)C(C)C(O)C(C)C(OC(C)=O)C1C. The second kappa shape index (κ2) is 20.7. The number of nitrogens with zero attached hydrogens (tertiary/aromatic N) is 3. The maximum Gasteiger partial charge on any atom is 0.312 e. The Kier molecular flexibility index (Phi) is 15.5. The lowest BCUT2D eigenvalue weighted by atomic mass is 9.78. The fraction of sp³-hybridized carbons (Fsp3) is 0.480. The number of aromatic hydroxyl groups is 3. The van der Waals surface area contributed by atoms with E-state index in [0.717, 1.165) is 13.0 Å². The van der Waals surface area contributed by atoms with Crippen LogP contribution < -0.4 is 10.1 Å². The van der Waals surface area contributed by atoms with Crippen LogP contribution in [-0.4, -0.2) is 129 Å². The topological polar surface area (TPSA) is 220 Å². The zero-order valence-corrected chi connectivity index (χ0v) is 39.1. The van der Waals surface area contributed by atoms with Crippen LogP contribution in [-0.2, 0) is 30.2 Å². The molecule has 0 aliphatic carbocycles. The lowest BCUT2D eigenvalue weighted by molar-refractivity contribution is -0.160. The van der Waals surface area contributed by atoms with E-state index in [4.69, 9.17) is 18.9 Å². The number of fused-ring (bicyclic) bond motifs is 14. The van der Waals surface area contributed by atoms with Crippen LogP contribution in [0.4, 0.5) is 5.69 Å². The first-order valence-electron chi connectivity index (χ1n) is 22.4. The van der Waals surface area contributed by atoms with Crippen LogP contribution in [0.2, 0.25) is 0 Å². The number of allylic oxidation sites excluding steroid dienone is 2. The Morgan fingerprint density at radius 3 is 2.26 bits per heavy atom. The van der Waals surface area contributed by atoms with Gasteiger partial charge in [-0.2, -0.15) is 5.10 Å². The van der Waals surface area contributed by atoms with E-state index in [-0.39, 0.29) is 44.5 Å². The molecular formula is C50H64N4O12. The lowest BCUT2D eigenvalue weighted by Crippen LogP contribution is -2.46. The second-order valence-electron chi connectivity index (χ2n) is 17.9. The van der Waals surface area contributed by atoms with Gasteiger partial charge in [-0.3, -0.25) is 24.3 Å². The van der Waals surface area contributed by atoms with E-state index in [0.29, 0.717) is 26.2 Å². The Morgan fingerprint density at radius 2 is 1.61 bits per heavy atom. The first kappa shape index (κ1) is 49.5. The predicted octanol–water partition coefficient (Wildman–Crippen LogP) is 5.95. The molecule has 9 atom stereocenters. The van der Waals surface area contributed by atoms with Gasteiger partial charge in [0.05, 0.1) is 53.0 Å². The Labute approximate surface area is 385 Å². The normalized spacial score (nSPS) is 29.1. The summed E-state index contributed by atoms with van der Waals surface area (Å²) in [5, 5.41) is 67.6. The molecule has 356 valence electrons. The van der Waals surface area contributed by atoms with Gasteiger partial charge in [0.25, 0.3) is 11.7 Å². The molecule has 0 aromatic heterocycles. The van der Waals surface area contributed by atoms with E-state index < -0.39 is 88.8 Å². The molecule has 3 aromatic rings. The molecule has 1 fully saturated rings. The summed E-state index contributed by atoms with van der Waals surface area (Å²) in [4.78, 5) is 43.2. The number of carbonyl (C=O) groups is 3. The third-order valence-electron chi connectivity index (χ3n) is 13.3. The largest absolute Gasteiger partial charge is 0.507 e. The molecule has 0 saturated carbocycles. The van der Waals surface area contributed by atoms with Gasteiger partial charge in [0.1, 0.15) is 23.4 Å². The highest BCUT2D eigenvalue weighted by Gasteiger charge is 2.50. The average Bonchev–Trinajstić information content (AvgIpc) is 3.56. The molecule has 6 N–H and O–H groups in total. The number of esters is 1. The summed E-state index contributed by atoms with van der Waals surface area (Å²) in [6, 6.07) is 10.2. The third kappa shape index (κ3) is 10.2. The van der Waals surface area contributed by atoms with Crippen molar-refractivity contribution in [1.82, 2.24) is 9.91 Å². The third-order valence-corrected chi connectivity index (χ3v) is 13.3. The molecule has 16 heteroatoms. The number of amides is 1. The monoisotopic (exact) mass is 912 g/mol. The number of ether oxygens (including phenoxy) is 4. The molecule has 1 amide bonds. The van der Waals surface area contributed by atoms with Gasteiger partial charge in [-0.15, -0.1) is 0 Å². The summed E-state index contributed by atoms with van der Waals surface area (Å²) in [5.74, 6) is -8.40. The Bertz CT molecular complexity index is 2410. The van der Waals surface area contributed by atoms with E-state index >= 15 is 0 Å². The highest BCUT2D eigenvalue weighted by Crippen LogP contribution is 2.55. The maximum absolute atomic E-state index is 14.6. The number of phenolic OH excluding ortho intramolecular Hbond substituents is 3. The molecule has 3 aromatic carbocycles. The number of benzene rings is 3. The lowest BCUT2D eigenvalue weighted by Gasteiger charge is -2.38. The molecule has 5 bridgehead atoms. The van der Waals surface area contributed by atoms with Gasteiger partial charge in [0.2, 0.25) is 0 Å². The Balaban J connectivity index is 1.43. The number of rotatable bonds is 7. The summed E-state index contributed by atoms with van der Waals surface area (Å²) < 4.78 is 23.7. The van der Waals surface area contributed by atoms with Crippen LogP contribution >= 0.6 is 0 Å². The fourth-order valence-electron chi connectivity index (χ4n) is 9.02. The van der Waals surface area contributed by atoms with Crippen molar-refractivity contribution in [1.29, 1.82) is 0 Å². The summed E-state index contributed by atoms with van der Waals surface area (Å²) in [7, 11) is 1.44.